The van der Waals surface area contributed by atoms with Gasteiger partial charge in [-0.25, -0.2) is 9.97 Å². The van der Waals surface area contributed by atoms with Crippen LogP contribution in [0.1, 0.15) is 11.3 Å². The van der Waals surface area contributed by atoms with Gasteiger partial charge < -0.3 is 9.88 Å². The molecule has 0 unspecified atom stereocenters. The summed E-state index contributed by atoms with van der Waals surface area (Å²) in [4.78, 5) is 19.2. The van der Waals surface area contributed by atoms with Crippen LogP contribution < -0.4 is 4.90 Å². The Kier molecular flexibility index (Phi) is 4.35. The summed E-state index contributed by atoms with van der Waals surface area (Å²) < 4.78 is 0. The molecule has 3 heterocycles. The molecule has 0 saturated carbocycles. The molecule has 0 spiro atoms. The lowest BCUT2D eigenvalue weighted by Gasteiger charge is -2.19. The Balaban J connectivity index is 1.70. The fourth-order valence-corrected chi connectivity index (χ4v) is 3.08. The Morgan fingerprint density at radius 1 is 1.00 bits per heavy atom. The van der Waals surface area contributed by atoms with Gasteiger partial charge in [0.1, 0.15) is 11.5 Å². The summed E-state index contributed by atoms with van der Waals surface area (Å²) in [5.74, 6) is 1.69. The molecule has 130 valence electrons. The number of nitrogens with zero attached hydrogens (tertiary/aromatic N) is 4. The summed E-state index contributed by atoms with van der Waals surface area (Å²) >= 11 is 0. The first-order chi connectivity index (χ1) is 12.7. The van der Waals surface area contributed by atoms with Crippen molar-refractivity contribution in [1.29, 1.82) is 0 Å². The van der Waals surface area contributed by atoms with Crippen molar-refractivity contribution in [3.63, 3.8) is 0 Å². The molecule has 0 aliphatic rings. The van der Waals surface area contributed by atoms with Crippen LogP contribution in [0.2, 0.25) is 0 Å². The minimum Gasteiger partial charge on any atom is -0.359 e. The van der Waals surface area contributed by atoms with Crippen LogP contribution in [0.5, 0.6) is 0 Å². The van der Waals surface area contributed by atoms with Gasteiger partial charge in [-0.05, 0) is 37.1 Å². The predicted molar refractivity (Wildman–Crippen MR) is 105 cm³/mol. The van der Waals surface area contributed by atoms with Gasteiger partial charge in [0.15, 0.2) is 5.82 Å². The fraction of sp³-hybridized carbons (Fsp3) is 0.190. The lowest BCUT2D eigenvalue weighted by Crippen LogP contribution is -2.22. The maximum atomic E-state index is 4.88. The van der Waals surface area contributed by atoms with Gasteiger partial charge in [0.2, 0.25) is 0 Å². The maximum Gasteiger partial charge on any atom is 0.163 e. The highest BCUT2D eigenvalue weighted by molar-refractivity contribution is 5.89. The zero-order chi connectivity index (χ0) is 17.9. The lowest BCUT2D eigenvalue weighted by atomic mass is 10.2. The van der Waals surface area contributed by atoms with Crippen molar-refractivity contribution in [3.8, 4) is 11.4 Å². The van der Waals surface area contributed by atoms with Crippen LogP contribution in [-0.2, 0) is 6.42 Å². The molecule has 0 saturated heterocycles. The van der Waals surface area contributed by atoms with E-state index >= 15 is 0 Å². The van der Waals surface area contributed by atoms with Crippen LogP contribution in [0.25, 0.3) is 22.4 Å². The van der Waals surface area contributed by atoms with E-state index in [1.807, 2.05) is 49.6 Å². The van der Waals surface area contributed by atoms with Crippen LogP contribution in [-0.4, -0.2) is 33.5 Å². The van der Waals surface area contributed by atoms with Gasteiger partial charge in [-0.2, -0.15) is 0 Å². The Morgan fingerprint density at radius 3 is 2.54 bits per heavy atom. The van der Waals surface area contributed by atoms with Gasteiger partial charge in [0, 0.05) is 37.2 Å². The van der Waals surface area contributed by atoms with E-state index in [2.05, 4.69) is 40.1 Å². The molecule has 0 amide bonds. The molecule has 3 aromatic heterocycles. The number of anilines is 1. The number of aromatic nitrogens is 4. The van der Waals surface area contributed by atoms with Gasteiger partial charge in [0.05, 0.1) is 5.39 Å². The highest BCUT2D eigenvalue weighted by Crippen LogP contribution is 2.27. The minimum atomic E-state index is 0.741. The molecule has 26 heavy (non-hydrogen) atoms. The third kappa shape index (κ3) is 3.28. The summed E-state index contributed by atoms with van der Waals surface area (Å²) in [6.07, 6.45) is 4.61. The first-order valence-corrected chi connectivity index (χ1v) is 8.73. The second kappa shape index (κ2) is 6.96. The van der Waals surface area contributed by atoms with Crippen molar-refractivity contribution in [2.75, 3.05) is 18.5 Å². The van der Waals surface area contributed by atoms with Crippen LogP contribution in [0.15, 0.2) is 60.9 Å². The first-order valence-electron chi connectivity index (χ1n) is 8.73. The molecule has 5 nitrogen and oxygen atoms in total. The number of rotatable bonds is 5. The number of hydrogen-bond donors (Lipinski definition) is 1. The van der Waals surface area contributed by atoms with E-state index in [1.165, 1.54) is 5.56 Å². The molecule has 0 aliphatic carbocycles. The van der Waals surface area contributed by atoms with Crippen LogP contribution in [0, 0.1) is 6.92 Å². The van der Waals surface area contributed by atoms with Crippen molar-refractivity contribution in [1.82, 2.24) is 19.9 Å². The molecule has 0 bridgehead atoms. The quantitative estimate of drug-likeness (QED) is 0.595. The fourth-order valence-electron chi connectivity index (χ4n) is 3.08. The van der Waals surface area contributed by atoms with Gasteiger partial charge in [-0.15, -0.1) is 0 Å². The standard InChI is InChI=1S/C21H21N5/c1-15-14-18-20(23-15)24-19(17-6-4-3-5-7-17)25-21(18)26(2)13-10-16-8-11-22-12-9-16/h3-9,11-12,14H,10,13H2,1-2H3,(H,23,24,25). The summed E-state index contributed by atoms with van der Waals surface area (Å²) in [5.41, 5.74) is 4.25. The van der Waals surface area contributed by atoms with Crippen molar-refractivity contribution < 1.29 is 0 Å². The van der Waals surface area contributed by atoms with E-state index in [9.17, 15) is 0 Å². The van der Waals surface area contributed by atoms with Gasteiger partial charge in [-0.1, -0.05) is 30.3 Å². The smallest absolute Gasteiger partial charge is 0.163 e. The zero-order valence-electron chi connectivity index (χ0n) is 15.0. The van der Waals surface area contributed by atoms with Crippen LogP contribution in [0.3, 0.4) is 0 Å². The Labute approximate surface area is 152 Å². The normalized spacial score (nSPS) is 11.0. The summed E-state index contributed by atoms with van der Waals surface area (Å²) in [7, 11) is 2.08. The average molecular weight is 343 g/mol. The highest BCUT2D eigenvalue weighted by atomic mass is 15.2. The predicted octanol–water partition coefficient (Wildman–Crippen LogP) is 4.01. The Hall–Kier alpha value is -3.21. The molecule has 0 fully saturated rings. The van der Waals surface area contributed by atoms with Crippen LogP contribution >= 0.6 is 0 Å². The largest absolute Gasteiger partial charge is 0.359 e. The number of H-pyrrole nitrogens is 1. The van der Waals surface area contributed by atoms with Crippen molar-refractivity contribution in [3.05, 3.63) is 72.2 Å². The van der Waals surface area contributed by atoms with E-state index in [0.717, 1.165) is 46.9 Å². The van der Waals surface area contributed by atoms with E-state index in [1.54, 1.807) is 0 Å². The van der Waals surface area contributed by atoms with E-state index in [0.29, 0.717) is 0 Å². The van der Waals surface area contributed by atoms with E-state index < -0.39 is 0 Å². The number of nitrogens with one attached hydrogen (secondary N) is 1. The number of aromatic amines is 1. The second-order valence-electron chi connectivity index (χ2n) is 6.48. The molecule has 0 radical (unpaired) electrons. The molecule has 4 rings (SSSR count). The molecule has 0 atom stereocenters. The summed E-state index contributed by atoms with van der Waals surface area (Å²) in [6, 6.07) is 16.3. The average Bonchev–Trinajstić information content (AvgIpc) is 3.07. The third-order valence-electron chi connectivity index (χ3n) is 4.48. The zero-order valence-corrected chi connectivity index (χ0v) is 15.0. The second-order valence-corrected chi connectivity index (χ2v) is 6.48. The highest BCUT2D eigenvalue weighted by Gasteiger charge is 2.14. The SMILES string of the molecule is Cc1cc2c(N(C)CCc3ccncc3)nc(-c3ccccc3)nc2[nH]1. The lowest BCUT2D eigenvalue weighted by molar-refractivity contribution is 0.861. The third-order valence-corrected chi connectivity index (χ3v) is 4.48. The molecule has 4 aromatic rings. The van der Waals surface area contributed by atoms with Crippen molar-refractivity contribution in [2.24, 2.45) is 0 Å². The molecule has 1 aromatic carbocycles. The van der Waals surface area contributed by atoms with E-state index in [-0.39, 0.29) is 0 Å². The summed E-state index contributed by atoms with van der Waals surface area (Å²) in [6.45, 7) is 2.92. The number of aryl methyl sites for hydroxylation is 1. The topological polar surface area (TPSA) is 57.7 Å². The number of likely N-dealkylation sites (N-methyl/N-ethyl adjacent to an activating group) is 1. The number of pyridine rings is 1. The van der Waals surface area contributed by atoms with Crippen molar-refractivity contribution in [2.45, 2.75) is 13.3 Å². The monoisotopic (exact) mass is 343 g/mol. The number of hydrogen-bond acceptors (Lipinski definition) is 4. The summed E-state index contributed by atoms with van der Waals surface area (Å²) in [5, 5.41) is 1.06. The minimum absolute atomic E-state index is 0.741. The Bertz CT molecular complexity index is 1010. The van der Waals surface area contributed by atoms with Gasteiger partial charge in [0.25, 0.3) is 0 Å². The van der Waals surface area contributed by atoms with E-state index in [4.69, 9.17) is 9.97 Å². The molecule has 5 heteroatoms. The molecule has 1 N–H and O–H groups in total. The van der Waals surface area contributed by atoms with Crippen LogP contribution in [0.4, 0.5) is 5.82 Å². The van der Waals surface area contributed by atoms with Gasteiger partial charge >= 0.3 is 0 Å². The maximum absolute atomic E-state index is 4.88. The Morgan fingerprint density at radius 2 is 1.77 bits per heavy atom. The first kappa shape index (κ1) is 16.3. The van der Waals surface area contributed by atoms with Crippen molar-refractivity contribution >= 4 is 16.9 Å². The molecule has 0 aliphatic heterocycles. The number of fused-ring (bicyclic) bond motifs is 1. The number of benzene rings is 1. The van der Waals surface area contributed by atoms with Gasteiger partial charge in [-0.3, -0.25) is 4.98 Å². The molecular weight excluding hydrogens is 322 g/mol. The molecular formula is C21H21N5.